The van der Waals surface area contributed by atoms with Gasteiger partial charge in [-0.2, -0.15) is 0 Å². The van der Waals surface area contributed by atoms with Gasteiger partial charge in [-0.25, -0.2) is 0 Å². The number of rotatable bonds is 5. The van der Waals surface area contributed by atoms with Crippen molar-refractivity contribution in [3.63, 3.8) is 0 Å². The number of hydrogen-bond donors (Lipinski definition) is 0. The third-order valence-electron chi connectivity index (χ3n) is 5.03. The van der Waals surface area contributed by atoms with Crippen molar-refractivity contribution in [1.82, 2.24) is 4.40 Å². The fraction of sp³-hybridized carbons (Fsp3) is 0.208. The maximum Gasteiger partial charge on any atom is 0.0498 e. The summed E-state index contributed by atoms with van der Waals surface area (Å²) in [5.74, 6) is 1.70. The summed E-state index contributed by atoms with van der Waals surface area (Å²) in [7, 11) is 0. The van der Waals surface area contributed by atoms with E-state index < -0.39 is 0 Å². The van der Waals surface area contributed by atoms with Crippen LogP contribution in [0.1, 0.15) is 42.4 Å². The first-order valence-corrected chi connectivity index (χ1v) is 9.24. The summed E-state index contributed by atoms with van der Waals surface area (Å²) in [6.45, 7) is 2.26. The molecule has 0 unspecified atom stereocenters. The molecule has 0 amide bonds. The Labute approximate surface area is 150 Å². The van der Waals surface area contributed by atoms with Crippen LogP contribution in [-0.4, -0.2) is 4.40 Å². The van der Waals surface area contributed by atoms with Crippen molar-refractivity contribution in [3.8, 4) is 0 Å². The number of pyridine rings is 1. The van der Waals surface area contributed by atoms with Gasteiger partial charge >= 0.3 is 0 Å². The lowest BCUT2D eigenvalue weighted by Crippen LogP contribution is -2.02. The Morgan fingerprint density at radius 1 is 0.920 bits per heavy atom. The molecule has 0 spiro atoms. The van der Waals surface area contributed by atoms with E-state index in [0.29, 0.717) is 5.92 Å². The van der Waals surface area contributed by atoms with Crippen molar-refractivity contribution >= 4 is 5.52 Å². The molecule has 1 aliphatic rings. The maximum atomic E-state index is 2.32. The highest BCUT2D eigenvalue weighted by Crippen LogP contribution is 2.33. The summed E-state index contributed by atoms with van der Waals surface area (Å²) in [4.78, 5) is 0. The number of benzene rings is 1. The molecule has 2 aromatic heterocycles. The van der Waals surface area contributed by atoms with Crippen LogP contribution in [0.2, 0.25) is 0 Å². The molecule has 1 heteroatoms. The molecule has 4 rings (SSSR count). The van der Waals surface area contributed by atoms with Gasteiger partial charge in [0.25, 0.3) is 0 Å². The predicted molar refractivity (Wildman–Crippen MR) is 106 cm³/mol. The van der Waals surface area contributed by atoms with Crippen LogP contribution in [-0.2, 0) is 6.42 Å². The first-order valence-electron chi connectivity index (χ1n) is 9.24. The van der Waals surface area contributed by atoms with Gasteiger partial charge in [-0.05, 0) is 41.7 Å². The quantitative estimate of drug-likeness (QED) is 0.532. The monoisotopic (exact) mass is 326 g/mol. The standard InChI is InChI=1S/C24H24N/c1-2-3-11-22-23(18-25-17-8-7-12-24(22)25)21-15-13-20(14-16-21)19-9-5-4-6-10-19/h4-10,12-18,20H,2-3,11H2,1H3. The molecule has 0 fully saturated rings. The minimum Gasteiger partial charge on any atom is -0.323 e. The molecule has 0 saturated heterocycles. The van der Waals surface area contributed by atoms with Crippen molar-refractivity contribution < 1.29 is 0 Å². The number of allylic oxidation sites excluding steroid dienone is 4. The second-order valence-corrected chi connectivity index (χ2v) is 6.73. The van der Waals surface area contributed by atoms with Gasteiger partial charge in [0.15, 0.2) is 0 Å². The SMILES string of the molecule is CCCCc1c([C]2C=CC(c3ccccc3)C=C2)cn2ccccc12. The zero-order valence-corrected chi connectivity index (χ0v) is 14.7. The Bertz CT molecular complexity index is 884. The average Bonchev–Trinajstić information content (AvgIpc) is 3.06. The van der Waals surface area contributed by atoms with E-state index in [0.717, 1.165) is 6.42 Å². The topological polar surface area (TPSA) is 4.41 Å². The van der Waals surface area contributed by atoms with Gasteiger partial charge in [0.05, 0.1) is 0 Å². The predicted octanol–water partition coefficient (Wildman–Crippen LogP) is 6.11. The fourth-order valence-corrected chi connectivity index (χ4v) is 3.66. The first-order chi connectivity index (χ1) is 12.4. The van der Waals surface area contributed by atoms with E-state index in [-0.39, 0.29) is 0 Å². The maximum absolute atomic E-state index is 2.32. The van der Waals surface area contributed by atoms with E-state index in [2.05, 4.69) is 96.6 Å². The Morgan fingerprint density at radius 3 is 2.44 bits per heavy atom. The van der Waals surface area contributed by atoms with Crippen LogP contribution in [0.4, 0.5) is 0 Å². The Kier molecular flexibility index (Phi) is 4.56. The van der Waals surface area contributed by atoms with Crippen LogP contribution in [0.3, 0.4) is 0 Å². The number of fused-ring (bicyclic) bond motifs is 1. The third-order valence-corrected chi connectivity index (χ3v) is 5.03. The van der Waals surface area contributed by atoms with Crippen molar-refractivity contribution in [3.05, 3.63) is 108 Å². The minimum absolute atomic E-state index is 0.376. The normalized spacial score (nSPS) is 15.2. The summed E-state index contributed by atoms with van der Waals surface area (Å²) < 4.78 is 2.26. The smallest absolute Gasteiger partial charge is 0.0498 e. The highest BCUT2D eigenvalue weighted by atomic mass is 14.9. The van der Waals surface area contributed by atoms with Crippen LogP contribution in [0, 0.1) is 5.92 Å². The van der Waals surface area contributed by atoms with E-state index >= 15 is 0 Å². The third kappa shape index (κ3) is 3.19. The van der Waals surface area contributed by atoms with Crippen LogP contribution >= 0.6 is 0 Å². The Hall–Kier alpha value is -2.54. The molecule has 25 heavy (non-hydrogen) atoms. The van der Waals surface area contributed by atoms with Crippen molar-refractivity contribution in [2.24, 2.45) is 0 Å². The van der Waals surface area contributed by atoms with Crippen molar-refractivity contribution in [2.45, 2.75) is 32.1 Å². The van der Waals surface area contributed by atoms with Crippen LogP contribution in [0.15, 0.2) is 85.2 Å². The molecular formula is C24H24N. The molecule has 0 aliphatic heterocycles. The zero-order valence-electron chi connectivity index (χ0n) is 14.7. The molecule has 3 aromatic rings. The Morgan fingerprint density at radius 2 is 1.68 bits per heavy atom. The first kappa shape index (κ1) is 16.0. The second-order valence-electron chi connectivity index (χ2n) is 6.73. The average molecular weight is 326 g/mol. The van der Waals surface area contributed by atoms with Gasteiger partial charge in [0, 0.05) is 29.7 Å². The second kappa shape index (κ2) is 7.14. The highest BCUT2D eigenvalue weighted by molar-refractivity contribution is 5.65. The van der Waals surface area contributed by atoms with E-state index in [9.17, 15) is 0 Å². The summed E-state index contributed by atoms with van der Waals surface area (Å²) in [6.07, 6.45) is 17.2. The van der Waals surface area contributed by atoms with E-state index in [1.165, 1.54) is 41.0 Å². The van der Waals surface area contributed by atoms with Crippen LogP contribution in [0.5, 0.6) is 0 Å². The number of nitrogens with zero attached hydrogens (tertiary/aromatic N) is 1. The van der Waals surface area contributed by atoms with Gasteiger partial charge in [-0.15, -0.1) is 0 Å². The molecule has 0 saturated carbocycles. The summed E-state index contributed by atoms with van der Waals surface area (Å²) in [5.41, 5.74) is 5.54. The number of aryl methyl sites for hydroxylation is 1. The summed E-state index contributed by atoms with van der Waals surface area (Å²) in [6, 6.07) is 17.2. The molecular weight excluding hydrogens is 302 g/mol. The van der Waals surface area contributed by atoms with E-state index in [1.54, 1.807) is 0 Å². The molecule has 0 bridgehead atoms. The molecule has 125 valence electrons. The molecule has 1 aliphatic carbocycles. The highest BCUT2D eigenvalue weighted by Gasteiger charge is 2.19. The zero-order chi connectivity index (χ0) is 17.1. The van der Waals surface area contributed by atoms with Crippen LogP contribution < -0.4 is 0 Å². The lowest BCUT2D eigenvalue weighted by molar-refractivity contribution is 0.796. The lowest BCUT2D eigenvalue weighted by atomic mass is 9.86. The van der Waals surface area contributed by atoms with E-state index in [4.69, 9.17) is 0 Å². The Balaban J connectivity index is 1.65. The summed E-state index contributed by atoms with van der Waals surface area (Å²) in [5, 5.41) is 0. The lowest BCUT2D eigenvalue weighted by Gasteiger charge is -2.17. The summed E-state index contributed by atoms with van der Waals surface area (Å²) >= 11 is 0. The van der Waals surface area contributed by atoms with Crippen molar-refractivity contribution in [2.75, 3.05) is 0 Å². The number of hydrogen-bond acceptors (Lipinski definition) is 0. The minimum atomic E-state index is 0.376. The van der Waals surface area contributed by atoms with Crippen LogP contribution in [0.25, 0.3) is 5.52 Å². The molecule has 2 heterocycles. The molecule has 1 nitrogen and oxygen atoms in total. The molecule has 0 atom stereocenters. The van der Waals surface area contributed by atoms with Gasteiger partial charge in [0.2, 0.25) is 0 Å². The van der Waals surface area contributed by atoms with Gasteiger partial charge in [-0.3, -0.25) is 0 Å². The number of unbranched alkanes of at least 4 members (excludes halogenated alkanes) is 1. The largest absolute Gasteiger partial charge is 0.323 e. The molecule has 1 aromatic carbocycles. The van der Waals surface area contributed by atoms with Crippen molar-refractivity contribution in [1.29, 1.82) is 0 Å². The number of aromatic nitrogens is 1. The van der Waals surface area contributed by atoms with Gasteiger partial charge < -0.3 is 4.40 Å². The van der Waals surface area contributed by atoms with Gasteiger partial charge in [0.1, 0.15) is 0 Å². The fourth-order valence-electron chi connectivity index (χ4n) is 3.66. The molecule has 1 radical (unpaired) electrons. The molecule has 0 N–H and O–H groups in total. The van der Waals surface area contributed by atoms with Gasteiger partial charge in [-0.1, -0.05) is 74.0 Å². The van der Waals surface area contributed by atoms with E-state index in [1.807, 2.05) is 0 Å².